The minimum atomic E-state index is 0. The average molecular weight is 304 g/mol. The van der Waals surface area contributed by atoms with Gasteiger partial charge in [0.1, 0.15) is 0 Å². The van der Waals surface area contributed by atoms with E-state index < -0.39 is 0 Å². The monoisotopic (exact) mass is 303 g/mol. The van der Waals surface area contributed by atoms with E-state index in [4.69, 9.17) is 0 Å². The first-order valence-corrected chi connectivity index (χ1v) is 6.30. The molecule has 2 aliphatic rings. The van der Waals surface area contributed by atoms with Crippen molar-refractivity contribution in [2.45, 2.75) is 34.1 Å². The van der Waals surface area contributed by atoms with Crippen molar-refractivity contribution in [3.05, 3.63) is 43.9 Å². The van der Waals surface area contributed by atoms with Crippen LogP contribution < -0.4 is 24.8 Å². The van der Waals surface area contributed by atoms with Gasteiger partial charge in [-0.25, -0.2) is 0 Å². The van der Waals surface area contributed by atoms with Crippen LogP contribution in [0.4, 0.5) is 0 Å². The molecule has 0 nitrogen and oxygen atoms in total. The molecule has 1 atom stereocenters. The van der Waals surface area contributed by atoms with Gasteiger partial charge in [-0.2, -0.15) is 0 Å². The molecule has 0 amide bonds. The molecule has 0 aromatic rings. The molecule has 2 aliphatic carbocycles. The van der Waals surface area contributed by atoms with Gasteiger partial charge in [-0.3, -0.25) is 0 Å². The van der Waals surface area contributed by atoms with Gasteiger partial charge < -0.3 is 24.8 Å². The summed E-state index contributed by atoms with van der Waals surface area (Å²) in [4.78, 5) is 0. The van der Waals surface area contributed by atoms with E-state index in [0.29, 0.717) is 5.92 Å². The van der Waals surface area contributed by atoms with E-state index in [2.05, 4.69) is 60.3 Å². The van der Waals surface area contributed by atoms with Crippen LogP contribution in [0.15, 0.2) is 43.9 Å². The summed E-state index contributed by atoms with van der Waals surface area (Å²) in [6.45, 7) is 9.00. The van der Waals surface area contributed by atoms with Crippen LogP contribution in [0, 0.1) is 5.92 Å². The zero-order valence-electron chi connectivity index (χ0n) is 10.7. The first kappa shape index (κ1) is 17.3. The normalized spacial score (nSPS) is 23.3. The summed E-state index contributed by atoms with van der Waals surface area (Å²) < 4.78 is 1.55. The fourth-order valence-corrected chi connectivity index (χ4v) is 3.27. The number of allylic oxidation sites excluding steroid dienone is 8. The second kappa shape index (κ2) is 6.43. The maximum Gasteiger partial charge on any atom is -1.00 e. The second-order valence-corrected chi connectivity index (χ2v) is 5.60. The third-order valence-corrected chi connectivity index (χ3v) is 4.42. The Kier molecular flexibility index (Phi) is 6.53. The molecule has 2 rings (SSSR count). The predicted octanol–water partition coefficient (Wildman–Crippen LogP) is -1.94. The molecule has 0 saturated carbocycles. The van der Waals surface area contributed by atoms with Crippen LogP contribution in [-0.2, 0) is 20.4 Å². The van der Waals surface area contributed by atoms with E-state index >= 15 is 0 Å². The first-order chi connectivity index (χ1) is 7.00. The molecule has 0 aromatic carbocycles. The zero-order chi connectivity index (χ0) is 11.2. The van der Waals surface area contributed by atoms with Crippen LogP contribution >= 0.6 is 0 Å². The Hall–Kier alpha value is 0.254. The fraction of sp³-hybridized carbons (Fsp3) is 0.429. The quantitative estimate of drug-likeness (QED) is 0.495. The molecule has 0 saturated heterocycles. The molecule has 0 N–H and O–H groups in total. The number of hydrogen-bond acceptors (Lipinski definition) is 0. The molecule has 17 heavy (non-hydrogen) atoms. The summed E-state index contributed by atoms with van der Waals surface area (Å²) in [7, 11) is 0. The molecule has 0 radical (unpaired) electrons. The van der Waals surface area contributed by atoms with Crippen molar-refractivity contribution >= 4 is 0 Å². The molecule has 0 bridgehead atoms. The molecule has 0 aromatic heterocycles. The van der Waals surface area contributed by atoms with E-state index in [0.717, 1.165) is 6.42 Å². The Morgan fingerprint density at radius 3 is 2.12 bits per heavy atom. The van der Waals surface area contributed by atoms with E-state index in [1.165, 1.54) is 22.3 Å². The van der Waals surface area contributed by atoms with Crippen LogP contribution in [0.5, 0.6) is 0 Å². The summed E-state index contributed by atoms with van der Waals surface area (Å²) in [5.41, 5.74) is 7.52. The Morgan fingerprint density at radius 1 is 1.18 bits per heavy atom. The number of rotatable bonds is 1. The van der Waals surface area contributed by atoms with Crippen LogP contribution in [-0.4, -0.2) is 0 Å². The van der Waals surface area contributed by atoms with Crippen LogP contribution in [0.3, 0.4) is 0 Å². The minimum absolute atomic E-state index is 0. The van der Waals surface area contributed by atoms with E-state index in [1.807, 2.05) is 0 Å². The van der Waals surface area contributed by atoms with Gasteiger partial charge >= 0.3 is 104 Å². The second-order valence-electron chi connectivity index (χ2n) is 4.76. The molecule has 3 heteroatoms. The van der Waals surface area contributed by atoms with Crippen LogP contribution in [0.2, 0.25) is 0 Å². The van der Waals surface area contributed by atoms with Crippen molar-refractivity contribution in [2.75, 3.05) is 0 Å². The van der Waals surface area contributed by atoms with Crippen molar-refractivity contribution in [3.8, 4) is 0 Å². The van der Waals surface area contributed by atoms with Crippen molar-refractivity contribution in [1.29, 1.82) is 0 Å². The fourth-order valence-electron chi connectivity index (χ4n) is 2.59. The van der Waals surface area contributed by atoms with E-state index in [9.17, 15) is 0 Å². The van der Waals surface area contributed by atoms with Gasteiger partial charge in [0.25, 0.3) is 0 Å². The summed E-state index contributed by atoms with van der Waals surface area (Å²) in [5, 5.41) is 0. The zero-order valence-corrected chi connectivity index (χ0v) is 13.8. The summed E-state index contributed by atoms with van der Waals surface area (Å²) in [5.74, 6) is 0.626. The van der Waals surface area contributed by atoms with Gasteiger partial charge in [-0.1, -0.05) is 0 Å². The van der Waals surface area contributed by atoms with Crippen molar-refractivity contribution < 1.29 is 45.2 Å². The smallest absolute Gasteiger partial charge is 1.00 e. The Labute approximate surface area is 129 Å². The summed E-state index contributed by atoms with van der Waals surface area (Å²) >= 11 is 2.28. The van der Waals surface area contributed by atoms with E-state index in [1.54, 1.807) is 9.45 Å². The molecular formula is C14H17Cl2Ti. The van der Waals surface area contributed by atoms with Crippen LogP contribution in [0.25, 0.3) is 0 Å². The SMILES string of the molecule is CC1=CC(C)=C(C2=[C]([Ti+2])C(C)C=C2C)C1.[Cl-].[Cl-]. The number of halogens is 2. The number of hydrogen-bond donors (Lipinski definition) is 0. The van der Waals surface area contributed by atoms with Crippen molar-refractivity contribution in [3.63, 3.8) is 0 Å². The van der Waals surface area contributed by atoms with Gasteiger partial charge in [0.2, 0.25) is 0 Å². The molecule has 0 aliphatic heterocycles. The average Bonchev–Trinajstić information content (AvgIpc) is 2.56. The van der Waals surface area contributed by atoms with E-state index in [-0.39, 0.29) is 24.8 Å². The summed E-state index contributed by atoms with van der Waals surface area (Å²) in [6, 6.07) is 0. The van der Waals surface area contributed by atoms with Gasteiger partial charge in [0.15, 0.2) is 0 Å². The van der Waals surface area contributed by atoms with Gasteiger partial charge in [0, 0.05) is 0 Å². The Morgan fingerprint density at radius 2 is 1.76 bits per heavy atom. The molecule has 0 fully saturated rings. The van der Waals surface area contributed by atoms with Gasteiger partial charge in [-0.05, 0) is 0 Å². The van der Waals surface area contributed by atoms with Crippen LogP contribution in [0.1, 0.15) is 34.1 Å². The van der Waals surface area contributed by atoms with Crippen molar-refractivity contribution in [2.24, 2.45) is 5.92 Å². The Balaban J connectivity index is 0.00000128. The third kappa shape index (κ3) is 3.17. The van der Waals surface area contributed by atoms with Gasteiger partial charge in [0.05, 0.1) is 0 Å². The third-order valence-electron chi connectivity index (χ3n) is 3.32. The molecular weight excluding hydrogens is 287 g/mol. The van der Waals surface area contributed by atoms with Gasteiger partial charge in [-0.15, -0.1) is 0 Å². The standard InChI is InChI=1S/C14H17.2ClH.Ti/c1-9-5-11(3)13(7-9)14-8-10(2)6-12(14)4;;;/h5-6,10H,7H2,1-4H3;2*1H;/q;;;+2/p-2. The summed E-state index contributed by atoms with van der Waals surface area (Å²) in [6.07, 6.45) is 5.86. The topological polar surface area (TPSA) is 0 Å². The molecule has 0 spiro atoms. The molecule has 1 unspecified atom stereocenters. The maximum absolute atomic E-state index is 2.39. The Bertz CT molecular complexity index is 439. The maximum atomic E-state index is 2.39. The minimum Gasteiger partial charge on any atom is -1.00 e. The molecule has 91 valence electrons. The largest absolute Gasteiger partial charge is 1.00 e. The van der Waals surface area contributed by atoms with Crippen molar-refractivity contribution in [1.82, 2.24) is 0 Å². The molecule has 0 heterocycles. The predicted molar refractivity (Wildman–Crippen MR) is 61.0 cm³/mol. The first-order valence-electron chi connectivity index (χ1n) is 5.52.